The molecular formula is C3H6ClMoO. The van der Waals surface area contributed by atoms with Crippen LogP contribution in [0, 0.1) is 0 Å². The van der Waals surface area contributed by atoms with E-state index in [-0.39, 0.29) is 5.78 Å². The van der Waals surface area contributed by atoms with Crippen molar-refractivity contribution in [2.24, 2.45) is 0 Å². The van der Waals surface area contributed by atoms with Crippen molar-refractivity contribution in [3.63, 3.8) is 0 Å². The maximum absolute atomic E-state index is 9.44. The van der Waals surface area contributed by atoms with Gasteiger partial charge < -0.3 is 4.79 Å². The second-order valence-corrected chi connectivity index (χ2v) is 0.908. The Morgan fingerprint density at radius 3 is 1.50 bits per heavy atom. The van der Waals surface area contributed by atoms with Crippen molar-refractivity contribution in [3.8, 4) is 0 Å². The van der Waals surface area contributed by atoms with Gasteiger partial charge in [0.15, 0.2) is 0 Å². The Hall–Kier alpha value is 0.648. The zero-order valence-corrected chi connectivity index (χ0v) is 6.46. The van der Waals surface area contributed by atoms with E-state index in [1.54, 1.807) is 0 Å². The Morgan fingerprint density at radius 2 is 1.50 bits per heavy atom. The number of halogens is 1. The molecule has 0 aliphatic carbocycles. The molecule has 0 unspecified atom stereocenters. The molecule has 0 N–H and O–H groups in total. The SMILES string of the molecule is CC(C)=O.[Cl][Mo]. The molecule has 0 aliphatic heterocycles. The molecule has 0 amide bonds. The Labute approximate surface area is 52.9 Å². The molecule has 0 radical (unpaired) electrons. The van der Waals surface area contributed by atoms with Crippen molar-refractivity contribution in [2.75, 3.05) is 0 Å². The summed E-state index contributed by atoms with van der Waals surface area (Å²) in [7, 11) is 4.65. The number of ketones is 1. The minimum absolute atomic E-state index is 0.167. The summed E-state index contributed by atoms with van der Waals surface area (Å²) < 4.78 is 0. The van der Waals surface area contributed by atoms with E-state index < -0.39 is 0 Å². The monoisotopic (exact) mass is 191 g/mol. The Kier molecular flexibility index (Phi) is 15.0. The molecule has 0 aromatic rings. The van der Waals surface area contributed by atoms with Crippen LogP contribution in [-0.2, 0) is 23.6 Å². The van der Waals surface area contributed by atoms with Crippen LogP contribution >= 0.6 is 9.42 Å². The molecule has 37 valence electrons. The van der Waals surface area contributed by atoms with E-state index in [1.165, 1.54) is 32.6 Å². The van der Waals surface area contributed by atoms with Gasteiger partial charge >= 0.3 is 28.2 Å². The topological polar surface area (TPSA) is 17.1 Å². The molecule has 0 aromatic heterocycles. The molecule has 0 saturated heterocycles. The second-order valence-electron chi connectivity index (χ2n) is 0.908. The Balaban J connectivity index is 0. The fraction of sp³-hybridized carbons (Fsp3) is 0.667. The number of hydrogen-bond acceptors (Lipinski definition) is 1. The first-order valence-corrected chi connectivity index (χ1v) is 3.94. The quantitative estimate of drug-likeness (QED) is 0.525. The summed E-state index contributed by atoms with van der Waals surface area (Å²) in [6.07, 6.45) is 0. The molecule has 1 nitrogen and oxygen atoms in total. The minimum atomic E-state index is 0.167. The first-order chi connectivity index (χ1) is 2.73. The fourth-order valence-electron chi connectivity index (χ4n) is 0. The third-order valence-corrected chi connectivity index (χ3v) is 0. The van der Waals surface area contributed by atoms with Crippen LogP contribution in [0.1, 0.15) is 13.8 Å². The molecule has 0 aromatic carbocycles. The van der Waals surface area contributed by atoms with Crippen molar-refractivity contribution in [2.45, 2.75) is 13.8 Å². The molecule has 3 heteroatoms. The van der Waals surface area contributed by atoms with Crippen molar-refractivity contribution in [1.29, 1.82) is 0 Å². The van der Waals surface area contributed by atoms with Gasteiger partial charge in [0.1, 0.15) is 5.78 Å². The zero-order valence-electron chi connectivity index (χ0n) is 3.69. The van der Waals surface area contributed by atoms with Crippen LogP contribution in [0.15, 0.2) is 0 Å². The van der Waals surface area contributed by atoms with Crippen LogP contribution in [0.25, 0.3) is 0 Å². The van der Waals surface area contributed by atoms with Gasteiger partial charge in [-0.3, -0.25) is 0 Å². The first kappa shape index (κ1) is 9.82. The zero-order chi connectivity index (χ0) is 5.58. The van der Waals surface area contributed by atoms with E-state index >= 15 is 0 Å². The number of rotatable bonds is 0. The first-order valence-electron chi connectivity index (χ1n) is 1.36. The number of Topliss-reactive ketones (excluding diaryl/α,β-unsaturated/α-hetero) is 1. The van der Waals surface area contributed by atoms with E-state index in [0.29, 0.717) is 0 Å². The van der Waals surface area contributed by atoms with Crippen LogP contribution in [0.5, 0.6) is 0 Å². The predicted molar refractivity (Wildman–Crippen MR) is 22.2 cm³/mol. The van der Waals surface area contributed by atoms with Crippen LogP contribution in [0.3, 0.4) is 0 Å². The summed E-state index contributed by atoms with van der Waals surface area (Å²) in [5, 5.41) is 0. The molecule has 0 atom stereocenters. The fourth-order valence-corrected chi connectivity index (χ4v) is 0. The summed E-state index contributed by atoms with van der Waals surface area (Å²) in [5.74, 6) is 0.167. The average Bonchev–Trinajstić information content (AvgIpc) is 1.41. The van der Waals surface area contributed by atoms with E-state index in [4.69, 9.17) is 0 Å². The number of carbonyl (C=O) groups excluding carboxylic acids is 1. The third-order valence-electron chi connectivity index (χ3n) is 0. The molecule has 0 spiro atoms. The van der Waals surface area contributed by atoms with Crippen molar-refractivity contribution < 1.29 is 23.6 Å². The van der Waals surface area contributed by atoms with Gasteiger partial charge in [-0.15, -0.1) is 0 Å². The molecule has 0 saturated carbocycles. The van der Waals surface area contributed by atoms with Crippen LogP contribution < -0.4 is 0 Å². The summed E-state index contributed by atoms with van der Waals surface area (Å²) >= 11 is 1.42. The molecule has 0 rings (SSSR count). The van der Waals surface area contributed by atoms with Gasteiger partial charge in [0.05, 0.1) is 0 Å². The summed E-state index contributed by atoms with van der Waals surface area (Å²) in [5.41, 5.74) is 0. The molecule has 0 heterocycles. The standard InChI is InChI=1S/C3H6O.ClH.Mo/c1-3(2)4;;/h1-2H3;1H;/q;;+1/p-1. The van der Waals surface area contributed by atoms with E-state index in [2.05, 4.69) is 9.42 Å². The predicted octanol–water partition coefficient (Wildman–Crippen LogP) is 1.28. The van der Waals surface area contributed by atoms with Crippen LogP contribution in [-0.4, -0.2) is 5.78 Å². The number of hydrogen-bond donors (Lipinski definition) is 0. The van der Waals surface area contributed by atoms with Crippen molar-refractivity contribution in [3.05, 3.63) is 0 Å². The van der Waals surface area contributed by atoms with Gasteiger partial charge in [-0.1, -0.05) is 0 Å². The molecule has 0 fully saturated rings. The van der Waals surface area contributed by atoms with Gasteiger partial charge in [0.25, 0.3) is 0 Å². The molecule has 0 aliphatic rings. The summed E-state index contributed by atoms with van der Waals surface area (Å²) in [6.45, 7) is 3.06. The van der Waals surface area contributed by atoms with Gasteiger partial charge in [0, 0.05) is 0 Å². The van der Waals surface area contributed by atoms with Gasteiger partial charge in [-0.05, 0) is 13.8 Å². The molecular weight excluding hydrogens is 183 g/mol. The van der Waals surface area contributed by atoms with E-state index in [9.17, 15) is 4.79 Å². The number of carbonyl (C=O) groups is 1. The Morgan fingerprint density at radius 1 is 1.50 bits per heavy atom. The molecule has 0 bridgehead atoms. The maximum atomic E-state index is 9.44. The summed E-state index contributed by atoms with van der Waals surface area (Å²) in [4.78, 5) is 9.44. The Bertz CT molecular complexity index is 33.8. The van der Waals surface area contributed by atoms with E-state index in [1.807, 2.05) is 0 Å². The average molecular weight is 189 g/mol. The second kappa shape index (κ2) is 9.17. The van der Waals surface area contributed by atoms with Crippen LogP contribution in [0.4, 0.5) is 0 Å². The van der Waals surface area contributed by atoms with Crippen LogP contribution in [0.2, 0.25) is 0 Å². The van der Waals surface area contributed by atoms with Crippen molar-refractivity contribution in [1.82, 2.24) is 0 Å². The van der Waals surface area contributed by atoms with Gasteiger partial charge in [-0.2, -0.15) is 0 Å². The van der Waals surface area contributed by atoms with Gasteiger partial charge in [0.2, 0.25) is 0 Å². The third kappa shape index (κ3) is 147. The van der Waals surface area contributed by atoms with E-state index in [0.717, 1.165) is 0 Å². The van der Waals surface area contributed by atoms with Gasteiger partial charge in [-0.25, -0.2) is 0 Å². The van der Waals surface area contributed by atoms with Crippen molar-refractivity contribution >= 4 is 15.2 Å². The summed E-state index contributed by atoms with van der Waals surface area (Å²) in [6, 6.07) is 0. The normalized spacial score (nSPS) is 5.17. The molecule has 6 heavy (non-hydrogen) atoms.